The van der Waals surface area contributed by atoms with Gasteiger partial charge in [0.2, 0.25) is 5.91 Å². The van der Waals surface area contributed by atoms with Crippen LogP contribution in [0.15, 0.2) is 28.9 Å². The SMILES string of the molecule is Cc1noc(C)c1CC(=O)N1CCN(C2CCCC2)C[C@H](Cc2ccccn2)C1. The van der Waals surface area contributed by atoms with Crippen LogP contribution >= 0.6 is 0 Å². The summed E-state index contributed by atoms with van der Waals surface area (Å²) in [4.78, 5) is 22.4. The van der Waals surface area contributed by atoms with E-state index in [0.717, 1.165) is 55.3 Å². The van der Waals surface area contributed by atoms with Crippen molar-refractivity contribution < 1.29 is 9.32 Å². The zero-order chi connectivity index (χ0) is 20.2. The Balaban J connectivity index is 1.49. The van der Waals surface area contributed by atoms with Crippen LogP contribution in [-0.2, 0) is 17.6 Å². The fraction of sp³-hybridized carbons (Fsp3) is 0.609. The van der Waals surface area contributed by atoms with Crippen molar-refractivity contribution in [3.05, 3.63) is 47.1 Å². The lowest BCUT2D eigenvalue weighted by atomic mass is 10.0. The average Bonchev–Trinajstić information content (AvgIpc) is 3.31. The van der Waals surface area contributed by atoms with Gasteiger partial charge in [-0.15, -0.1) is 0 Å². The Kier molecular flexibility index (Phi) is 6.28. The van der Waals surface area contributed by atoms with Crippen LogP contribution in [0.1, 0.15) is 48.4 Å². The van der Waals surface area contributed by atoms with Crippen molar-refractivity contribution in [3.8, 4) is 0 Å². The van der Waals surface area contributed by atoms with Gasteiger partial charge in [0.05, 0.1) is 12.1 Å². The molecular formula is C23H32N4O2. The zero-order valence-corrected chi connectivity index (χ0v) is 17.6. The van der Waals surface area contributed by atoms with Gasteiger partial charge < -0.3 is 9.42 Å². The van der Waals surface area contributed by atoms with Crippen molar-refractivity contribution in [3.63, 3.8) is 0 Å². The predicted octanol–water partition coefficient (Wildman–Crippen LogP) is 3.17. The van der Waals surface area contributed by atoms with E-state index in [-0.39, 0.29) is 5.91 Å². The largest absolute Gasteiger partial charge is 0.361 e. The Morgan fingerprint density at radius 2 is 2.00 bits per heavy atom. The van der Waals surface area contributed by atoms with Gasteiger partial charge in [-0.3, -0.25) is 14.7 Å². The molecule has 1 saturated heterocycles. The van der Waals surface area contributed by atoms with E-state index in [1.54, 1.807) is 0 Å². The number of carbonyl (C=O) groups excluding carboxylic acids is 1. The quantitative estimate of drug-likeness (QED) is 0.777. The standard InChI is InChI=1S/C23H32N4O2/c1-17-22(18(2)29-25-17)14-23(28)27-12-11-26(21-8-3-4-9-21)15-19(16-27)13-20-7-5-6-10-24-20/h5-7,10,19,21H,3-4,8-9,11-16H2,1-2H3/t19-/m0/s1. The van der Waals surface area contributed by atoms with Crippen LogP contribution in [0.4, 0.5) is 0 Å². The summed E-state index contributed by atoms with van der Waals surface area (Å²) in [5.74, 6) is 1.34. The molecule has 0 spiro atoms. The van der Waals surface area contributed by atoms with Gasteiger partial charge in [-0.1, -0.05) is 24.1 Å². The van der Waals surface area contributed by atoms with Crippen LogP contribution in [0.3, 0.4) is 0 Å². The van der Waals surface area contributed by atoms with E-state index in [1.165, 1.54) is 25.7 Å². The third-order valence-electron chi connectivity index (χ3n) is 6.56. The van der Waals surface area contributed by atoms with Gasteiger partial charge in [-0.25, -0.2) is 0 Å². The highest BCUT2D eigenvalue weighted by molar-refractivity contribution is 5.79. The van der Waals surface area contributed by atoms with Gasteiger partial charge in [-0.2, -0.15) is 0 Å². The summed E-state index contributed by atoms with van der Waals surface area (Å²) in [6.07, 6.45) is 8.41. The minimum atomic E-state index is 0.179. The molecular weight excluding hydrogens is 364 g/mol. The molecule has 1 aliphatic carbocycles. The summed E-state index contributed by atoms with van der Waals surface area (Å²) in [5.41, 5.74) is 2.88. The third-order valence-corrected chi connectivity index (χ3v) is 6.56. The molecule has 2 aromatic rings. The van der Waals surface area contributed by atoms with Gasteiger partial charge in [0.15, 0.2) is 0 Å². The number of amides is 1. The molecule has 1 saturated carbocycles. The molecule has 2 aliphatic rings. The summed E-state index contributed by atoms with van der Waals surface area (Å²) >= 11 is 0. The van der Waals surface area contributed by atoms with Crippen LogP contribution in [-0.4, -0.2) is 58.1 Å². The number of pyridine rings is 1. The minimum Gasteiger partial charge on any atom is -0.361 e. The highest BCUT2D eigenvalue weighted by Crippen LogP contribution is 2.26. The Bertz CT molecular complexity index is 794. The minimum absolute atomic E-state index is 0.179. The molecule has 6 heteroatoms. The topological polar surface area (TPSA) is 62.5 Å². The first-order valence-corrected chi connectivity index (χ1v) is 10.9. The number of aromatic nitrogens is 2. The van der Waals surface area contributed by atoms with Crippen LogP contribution in [0, 0.1) is 19.8 Å². The first-order chi connectivity index (χ1) is 14.1. The highest BCUT2D eigenvalue weighted by Gasteiger charge is 2.31. The van der Waals surface area contributed by atoms with E-state index < -0.39 is 0 Å². The van der Waals surface area contributed by atoms with Crippen molar-refractivity contribution in [2.75, 3.05) is 26.2 Å². The molecule has 0 unspecified atom stereocenters. The Morgan fingerprint density at radius 1 is 1.17 bits per heavy atom. The van der Waals surface area contributed by atoms with E-state index in [0.29, 0.717) is 18.4 Å². The molecule has 0 aromatic carbocycles. The zero-order valence-electron chi connectivity index (χ0n) is 17.6. The molecule has 2 aromatic heterocycles. The summed E-state index contributed by atoms with van der Waals surface area (Å²) < 4.78 is 5.26. The van der Waals surface area contributed by atoms with Crippen LogP contribution in [0.25, 0.3) is 0 Å². The summed E-state index contributed by atoms with van der Waals surface area (Å²) in [7, 11) is 0. The number of nitrogens with zero attached hydrogens (tertiary/aromatic N) is 4. The van der Waals surface area contributed by atoms with Crippen molar-refractivity contribution in [2.24, 2.45) is 5.92 Å². The van der Waals surface area contributed by atoms with Crippen molar-refractivity contribution >= 4 is 5.91 Å². The third kappa shape index (κ3) is 4.86. The van der Waals surface area contributed by atoms with Gasteiger partial charge in [0.1, 0.15) is 5.76 Å². The Hall–Kier alpha value is -2.21. The average molecular weight is 397 g/mol. The summed E-state index contributed by atoms with van der Waals surface area (Å²) in [5, 5.41) is 4.01. The summed E-state index contributed by atoms with van der Waals surface area (Å²) in [6.45, 7) is 7.41. The monoisotopic (exact) mass is 396 g/mol. The Morgan fingerprint density at radius 3 is 2.69 bits per heavy atom. The van der Waals surface area contributed by atoms with E-state index in [9.17, 15) is 4.79 Å². The molecule has 2 fully saturated rings. The van der Waals surface area contributed by atoms with E-state index in [2.05, 4.69) is 26.0 Å². The molecule has 4 rings (SSSR count). The fourth-order valence-electron chi connectivity index (χ4n) is 4.92. The number of hydrogen-bond acceptors (Lipinski definition) is 5. The maximum Gasteiger partial charge on any atom is 0.227 e. The molecule has 0 N–H and O–H groups in total. The number of hydrogen-bond donors (Lipinski definition) is 0. The van der Waals surface area contributed by atoms with Crippen molar-refractivity contribution in [1.29, 1.82) is 0 Å². The van der Waals surface area contributed by atoms with Gasteiger partial charge in [-0.05, 0) is 51.2 Å². The second kappa shape index (κ2) is 9.08. The highest BCUT2D eigenvalue weighted by atomic mass is 16.5. The Labute approximate surface area is 173 Å². The van der Waals surface area contributed by atoms with Crippen LogP contribution in [0.5, 0.6) is 0 Å². The lowest BCUT2D eigenvalue weighted by Crippen LogP contribution is -2.39. The van der Waals surface area contributed by atoms with Crippen LogP contribution in [0.2, 0.25) is 0 Å². The molecule has 1 atom stereocenters. The fourth-order valence-corrected chi connectivity index (χ4v) is 4.92. The maximum absolute atomic E-state index is 13.2. The van der Waals surface area contributed by atoms with Gasteiger partial charge in [0, 0.05) is 49.7 Å². The summed E-state index contributed by atoms with van der Waals surface area (Å²) in [6, 6.07) is 6.79. The smallest absolute Gasteiger partial charge is 0.227 e. The first kappa shape index (κ1) is 20.1. The van der Waals surface area contributed by atoms with Crippen LogP contribution < -0.4 is 0 Å². The van der Waals surface area contributed by atoms with Crippen molar-refractivity contribution in [2.45, 2.75) is 58.4 Å². The predicted molar refractivity (Wildman–Crippen MR) is 112 cm³/mol. The van der Waals surface area contributed by atoms with E-state index in [4.69, 9.17) is 4.52 Å². The second-order valence-electron chi connectivity index (χ2n) is 8.64. The maximum atomic E-state index is 13.2. The van der Waals surface area contributed by atoms with E-state index >= 15 is 0 Å². The first-order valence-electron chi connectivity index (χ1n) is 10.9. The van der Waals surface area contributed by atoms with Gasteiger partial charge >= 0.3 is 0 Å². The molecule has 3 heterocycles. The lowest BCUT2D eigenvalue weighted by Gasteiger charge is -2.29. The number of aryl methyl sites for hydroxylation is 2. The number of carbonyl (C=O) groups is 1. The molecule has 29 heavy (non-hydrogen) atoms. The normalized spacial score (nSPS) is 21.4. The molecule has 156 valence electrons. The van der Waals surface area contributed by atoms with E-state index in [1.807, 2.05) is 32.2 Å². The lowest BCUT2D eigenvalue weighted by molar-refractivity contribution is -0.130. The molecule has 1 amide bonds. The van der Waals surface area contributed by atoms with Gasteiger partial charge in [0.25, 0.3) is 0 Å². The van der Waals surface area contributed by atoms with Crippen molar-refractivity contribution in [1.82, 2.24) is 19.9 Å². The molecule has 0 bridgehead atoms. The molecule has 6 nitrogen and oxygen atoms in total. The number of rotatable bonds is 5. The second-order valence-corrected chi connectivity index (χ2v) is 8.64. The molecule has 0 radical (unpaired) electrons. The molecule has 1 aliphatic heterocycles.